The standard InChI is InChI=1S/C42H80NO12P/c1-5-8-10-12-14-16-18-20-22-24-26-29-39(44)50-33-38(55-42(47)30-27-25-23-21-19-17-15-13-11-9-6-2)36-53-56(48,49)52-35-37(54-41(46)28-7-3)34-51-40(45)31-32-43-4/h37-38,43H,5-36H2,1-4H3,(H,48,49)/t37?,38-/m1/s1. The van der Waals surface area contributed by atoms with Crippen molar-refractivity contribution < 1.29 is 56.6 Å². The molecule has 0 amide bonds. The van der Waals surface area contributed by atoms with E-state index in [4.69, 9.17) is 28.0 Å². The smallest absolute Gasteiger partial charge is 0.462 e. The Labute approximate surface area is 339 Å². The SMILES string of the molecule is CCCCCCCCCCCCCC(=O)OC[C@H](COP(=O)(O)OCC(COC(=O)CCNC)OC(=O)CCC)OC(=O)CCCCCCCCCCCCC. The van der Waals surface area contributed by atoms with Gasteiger partial charge in [-0.15, -0.1) is 0 Å². The van der Waals surface area contributed by atoms with Gasteiger partial charge >= 0.3 is 31.7 Å². The minimum atomic E-state index is -4.78. The highest BCUT2D eigenvalue weighted by molar-refractivity contribution is 7.47. The first kappa shape index (κ1) is 53.9. The molecule has 0 spiro atoms. The predicted octanol–water partition coefficient (Wildman–Crippen LogP) is 9.84. The van der Waals surface area contributed by atoms with Crippen LogP contribution in [-0.2, 0) is 51.7 Å². The highest BCUT2D eigenvalue weighted by atomic mass is 31.2. The average molecular weight is 822 g/mol. The molecule has 0 aromatic heterocycles. The van der Waals surface area contributed by atoms with Crippen molar-refractivity contribution in [3.63, 3.8) is 0 Å². The van der Waals surface area contributed by atoms with E-state index in [0.29, 0.717) is 25.8 Å². The van der Waals surface area contributed by atoms with Gasteiger partial charge < -0.3 is 29.2 Å². The van der Waals surface area contributed by atoms with Crippen LogP contribution in [0.25, 0.3) is 0 Å². The first-order valence-electron chi connectivity index (χ1n) is 22.0. The van der Waals surface area contributed by atoms with Gasteiger partial charge in [0.25, 0.3) is 0 Å². The normalized spacial score (nSPS) is 13.4. The second-order valence-corrected chi connectivity index (χ2v) is 16.3. The van der Waals surface area contributed by atoms with E-state index in [9.17, 15) is 28.6 Å². The van der Waals surface area contributed by atoms with Crippen molar-refractivity contribution in [2.24, 2.45) is 0 Å². The molecule has 3 atom stereocenters. The van der Waals surface area contributed by atoms with E-state index in [1.165, 1.54) is 89.9 Å². The molecule has 56 heavy (non-hydrogen) atoms. The Morgan fingerprint density at radius 1 is 0.464 bits per heavy atom. The molecule has 0 saturated heterocycles. The summed E-state index contributed by atoms with van der Waals surface area (Å²) >= 11 is 0. The summed E-state index contributed by atoms with van der Waals surface area (Å²) in [7, 11) is -3.09. The predicted molar refractivity (Wildman–Crippen MR) is 219 cm³/mol. The van der Waals surface area contributed by atoms with Crippen molar-refractivity contribution >= 4 is 31.7 Å². The van der Waals surface area contributed by atoms with Crippen LogP contribution in [0.4, 0.5) is 0 Å². The van der Waals surface area contributed by atoms with Crippen LogP contribution in [0.15, 0.2) is 0 Å². The molecule has 330 valence electrons. The first-order chi connectivity index (χ1) is 27.1. The summed E-state index contributed by atoms with van der Waals surface area (Å²) in [5.41, 5.74) is 0. The molecule has 0 aliphatic heterocycles. The number of rotatable bonds is 41. The number of phosphoric acid groups is 1. The molecule has 0 aromatic rings. The third-order valence-electron chi connectivity index (χ3n) is 9.31. The van der Waals surface area contributed by atoms with Crippen LogP contribution < -0.4 is 5.32 Å². The van der Waals surface area contributed by atoms with Gasteiger partial charge in [0.1, 0.15) is 13.2 Å². The molecule has 0 fully saturated rings. The Kier molecular flexibility index (Phi) is 37.1. The summed E-state index contributed by atoms with van der Waals surface area (Å²) in [5, 5.41) is 2.83. The quantitative estimate of drug-likeness (QED) is 0.0258. The molecular formula is C42H80NO12P. The molecule has 0 rings (SSSR count). The largest absolute Gasteiger partial charge is 0.472 e. The van der Waals surface area contributed by atoms with Gasteiger partial charge in [0.05, 0.1) is 19.6 Å². The molecule has 2 unspecified atom stereocenters. The second-order valence-electron chi connectivity index (χ2n) is 14.8. The molecule has 0 radical (unpaired) electrons. The van der Waals surface area contributed by atoms with E-state index in [1.807, 2.05) is 0 Å². The topological polar surface area (TPSA) is 173 Å². The third-order valence-corrected chi connectivity index (χ3v) is 10.3. The summed E-state index contributed by atoms with van der Waals surface area (Å²) in [6.45, 7) is 4.70. The van der Waals surface area contributed by atoms with Crippen molar-refractivity contribution in [3.05, 3.63) is 0 Å². The molecule has 0 bridgehead atoms. The molecular weight excluding hydrogens is 741 g/mol. The number of nitrogens with one attached hydrogen (secondary N) is 1. The number of carbonyl (C=O) groups is 4. The summed E-state index contributed by atoms with van der Waals surface area (Å²) in [6, 6.07) is 0. The molecule has 13 nitrogen and oxygen atoms in total. The Morgan fingerprint density at radius 3 is 1.18 bits per heavy atom. The minimum absolute atomic E-state index is 0.0812. The van der Waals surface area contributed by atoms with Crippen LogP contribution in [-0.4, -0.2) is 81.0 Å². The van der Waals surface area contributed by atoms with E-state index in [-0.39, 0.29) is 38.9 Å². The van der Waals surface area contributed by atoms with Crippen molar-refractivity contribution in [3.8, 4) is 0 Å². The zero-order chi connectivity index (χ0) is 41.5. The van der Waals surface area contributed by atoms with Crippen molar-refractivity contribution in [2.45, 2.75) is 206 Å². The summed E-state index contributed by atoms with van der Waals surface area (Å²) in [5.74, 6) is -2.10. The lowest BCUT2D eigenvalue weighted by molar-refractivity contribution is -0.162. The average Bonchev–Trinajstić information content (AvgIpc) is 3.17. The zero-order valence-corrected chi connectivity index (χ0v) is 36.6. The Balaban J connectivity index is 4.97. The number of hydrogen-bond acceptors (Lipinski definition) is 12. The first-order valence-corrected chi connectivity index (χ1v) is 23.5. The van der Waals surface area contributed by atoms with E-state index >= 15 is 0 Å². The van der Waals surface area contributed by atoms with Crippen LogP contribution in [0.3, 0.4) is 0 Å². The Morgan fingerprint density at radius 2 is 0.804 bits per heavy atom. The van der Waals surface area contributed by atoms with Gasteiger partial charge in [-0.05, 0) is 26.3 Å². The summed E-state index contributed by atoms with van der Waals surface area (Å²) < 4.78 is 44.5. The van der Waals surface area contributed by atoms with E-state index in [2.05, 4.69) is 19.2 Å². The highest BCUT2D eigenvalue weighted by Crippen LogP contribution is 2.43. The van der Waals surface area contributed by atoms with Crippen molar-refractivity contribution in [1.82, 2.24) is 5.32 Å². The number of hydrogen-bond donors (Lipinski definition) is 2. The molecule has 2 N–H and O–H groups in total. The van der Waals surface area contributed by atoms with Crippen LogP contribution in [0.2, 0.25) is 0 Å². The van der Waals surface area contributed by atoms with Crippen LogP contribution in [0.1, 0.15) is 194 Å². The monoisotopic (exact) mass is 822 g/mol. The molecule has 0 aromatic carbocycles. The van der Waals surface area contributed by atoms with Crippen LogP contribution in [0, 0.1) is 0 Å². The number of carbonyl (C=O) groups excluding carboxylic acids is 4. The van der Waals surface area contributed by atoms with E-state index in [1.54, 1.807) is 14.0 Å². The number of unbranched alkanes of at least 4 members (excludes halogenated alkanes) is 20. The fourth-order valence-electron chi connectivity index (χ4n) is 5.93. The van der Waals surface area contributed by atoms with Gasteiger partial charge in [0.2, 0.25) is 0 Å². The maximum Gasteiger partial charge on any atom is 0.472 e. The van der Waals surface area contributed by atoms with Gasteiger partial charge in [-0.1, -0.05) is 149 Å². The van der Waals surface area contributed by atoms with Gasteiger partial charge in [0.15, 0.2) is 12.2 Å². The lowest BCUT2D eigenvalue weighted by atomic mass is 10.1. The molecule has 0 aliphatic rings. The minimum Gasteiger partial charge on any atom is -0.462 e. The lowest BCUT2D eigenvalue weighted by Crippen LogP contribution is -2.31. The number of phosphoric ester groups is 1. The van der Waals surface area contributed by atoms with E-state index < -0.39 is 57.1 Å². The van der Waals surface area contributed by atoms with Crippen LogP contribution >= 0.6 is 7.82 Å². The van der Waals surface area contributed by atoms with Gasteiger partial charge in [-0.2, -0.15) is 0 Å². The second kappa shape index (κ2) is 38.5. The molecule has 0 aliphatic carbocycles. The maximum absolute atomic E-state index is 12.9. The van der Waals surface area contributed by atoms with Gasteiger partial charge in [0, 0.05) is 25.8 Å². The van der Waals surface area contributed by atoms with Gasteiger partial charge in [-0.25, -0.2) is 4.57 Å². The van der Waals surface area contributed by atoms with E-state index in [0.717, 1.165) is 38.5 Å². The van der Waals surface area contributed by atoms with Crippen molar-refractivity contribution in [1.29, 1.82) is 0 Å². The fourth-order valence-corrected chi connectivity index (χ4v) is 6.71. The third kappa shape index (κ3) is 36.3. The van der Waals surface area contributed by atoms with Crippen molar-refractivity contribution in [2.75, 3.05) is 40.0 Å². The van der Waals surface area contributed by atoms with Crippen LogP contribution in [0.5, 0.6) is 0 Å². The molecule has 0 saturated carbocycles. The Hall–Kier alpha value is -2.05. The fraction of sp³-hybridized carbons (Fsp3) is 0.905. The maximum atomic E-state index is 12.9. The summed E-state index contributed by atoms with van der Waals surface area (Å²) in [6.07, 6.45) is 24.0. The molecule has 0 heterocycles. The zero-order valence-electron chi connectivity index (χ0n) is 35.7. The number of esters is 4. The molecule has 14 heteroatoms. The highest BCUT2D eigenvalue weighted by Gasteiger charge is 2.29. The number of ether oxygens (including phenoxy) is 4. The van der Waals surface area contributed by atoms with Gasteiger partial charge in [-0.3, -0.25) is 28.2 Å². The Bertz CT molecular complexity index is 1030. The summed E-state index contributed by atoms with van der Waals surface area (Å²) in [4.78, 5) is 59.8. The lowest BCUT2D eigenvalue weighted by Gasteiger charge is -2.22.